The van der Waals surface area contributed by atoms with Crippen molar-refractivity contribution in [2.45, 2.75) is 64.6 Å². The molecule has 0 aromatic rings. The molecule has 0 unspecified atom stereocenters. The summed E-state index contributed by atoms with van der Waals surface area (Å²) in [6.45, 7) is 7.90. The second-order valence-corrected chi connectivity index (χ2v) is 4.82. The van der Waals surface area contributed by atoms with Crippen LogP contribution in [0.5, 0.6) is 0 Å². The minimum absolute atomic E-state index is 0.690. The van der Waals surface area contributed by atoms with Gasteiger partial charge >= 0.3 is 0 Å². The van der Waals surface area contributed by atoms with Gasteiger partial charge in [0.1, 0.15) is 0 Å². The fourth-order valence-corrected chi connectivity index (χ4v) is 2.40. The summed E-state index contributed by atoms with van der Waals surface area (Å²) >= 11 is 0. The molecule has 2 heteroatoms. The van der Waals surface area contributed by atoms with E-state index >= 15 is 0 Å². The Labute approximate surface area is 89.1 Å². The Morgan fingerprint density at radius 3 is 2.21 bits per heavy atom. The van der Waals surface area contributed by atoms with Crippen molar-refractivity contribution in [2.75, 3.05) is 13.6 Å². The van der Waals surface area contributed by atoms with Crippen molar-refractivity contribution >= 4 is 0 Å². The lowest BCUT2D eigenvalue weighted by Crippen LogP contribution is -2.43. The Hall–Kier alpha value is -0.0800. The smallest absolute Gasteiger partial charge is 0.00960 e. The van der Waals surface area contributed by atoms with Gasteiger partial charge in [-0.3, -0.25) is 0 Å². The summed E-state index contributed by atoms with van der Waals surface area (Å²) in [6, 6.07) is 2.30. The van der Waals surface area contributed by atoms with Gasteiger partial charge in [0.05, 0.1) is 0 Å². The topological polar surface area (TPSA) is 15.3 Å². The Bertz CT molecular complexity index is 148. The zero-order valence-corrected chi connectivity index (χ0v) is 10.2. The van der Waals surface area contributed by atoms with Crippen LogP contribution in [0.4, 0.5) is 0 Å². The molecule has 14 heavy (non-hydrogen) atoms. The van der Waals surface area contributed by atoms with E-state index in [9.17, 15) is 0 Å². The molecule has 0 atom stereocenters. The lowest BCUT2D eigenvalue weighted by atomic mass is 9.90. The molecule has 1 N–H and O–H groups in total. The highest BCUT2D eigenvalue weighted by Gasteiger charge is 2.24. The quantitative estimate of drug-likeness (QED) is 0.745. The van der Waals surface area contributed by atoms with Crippen LogP contribution in [0.15, 0.2) is 0 Å². The van der Waals surface area contributed by atoms with E-state index in [1.165, 1.54) is 25.7 Å². The third-order valence-corrected chi connectivity index (χ3v) is 3.58. The van der Waals surface area contributed by atoms with E-state index in [1.54, 1.807) is 0 Å². The largest absolute Gasteiger partial charge is 0.314 e. The SMILES string of the molecule is CCNC1CCC(N(C)C(C)C)CC1. The predicted octanol–water partition coefficient (Wildman–Crippen LogP) is 2.25. The van der Waals surface area contributed by atoms with Crippen molar-refractivity contribution in [1.29, 1.82) is 0 Å². The first-order valence-electron chi connectivity index (χ1n) is 6.10. The van der Waals surface area contributed by atoms with Crippen LogP contribution in [0, 0.1) is 0 Å². The summed E-state index contributed by atoms with van der Waals surface area (Å²) in [5.41, 5.74) is 0. The molecule has 0 heterocycles. The maximum atomic E-state index is 3.55. The van der Waals surface area contributed by atoms with Crippen LogP contribution in [0.1, 0.15) is 46.5 Å². The molecule has 1 saturated carbocycles. The molecule has 84 valence electrons. The third kappa shape index (κ3) is 3.25. The average molecular weight is 198 g/mol. The first-order chi connectivity index (χ1) is 6.65. The van der Waals surface area contributed by atoms with Gasteiger partial charge in [-0.15, -0.1) is 0 Å². The highest BCUT2D eigenvalue weighted by atomic mass is 15.1. The number of rotatable bonds is 4. The molecule has 1 aliphatic rings. The van der Waals surface area contributed by atoms with Crippen molar-refractivity contribution < 1.29 is 0 Å². The molecule has 0 saturated heterocycles. The van der Waals surface area contributed by atoms with Crippen LogP contribution in [0.3, 0.4) is 0 Å². The van der Waals surface area contributed by atoms with Crippen LogP contribution >= 0.6 is 0 Å². The Morgan fingerprint density at radius 1 is 1.21 bits per heavy atom. The van der Waals surface area contributed by atoms with Gasteiger partial charge < -0.3 is 10.2 Å². The fourth-order valence-electron chi connectivity index (χ4n) is 2.40. The molecular weight excluding hydrogens is 172 g/mol. The van der Waals surface area contributed by atoms with Gasteiger partial charge in [0.2, 0.25) is 0 Å². The van der Waals surface area contributed by atoms with Gasteiger partial charge in [-0.05, 0) is 53.1 Å². The number of nitrogens with one attached hydrogen (secondary N) is 1. The lowest BCUT2D eigenvalue weighted by molar-refractivity contribution is 0.143. The zero-order valence-electron chi connectivity index (χ0n) is 10.2. The standard InChI is InChI=1S/C12H26N2/c1-5-13-11-6-8-12(9-7-11)14(4)10(2)3/h10-13H,5-9H2,1-4H3. The normalized spacial score (nSPS) is 28.7. The van der Waals surface area contributed by atoms with E-state index < -0.39 is 0 Å². The molecule has 0 amide bonds. The molecule has 2 nitrogen and oxygen atoms in total. The Kier molecular flexibility index (Phi) is 4.90. The zero-order chi connectivity index (χ0) is 10.6. The molecule has 0 bridgehead atoms. The summed E-state index contributed by atoms with van der Waals surface area (Å²) in [5, 5.41) is 3.55. The molecule has 1 fully saturated rings. The Balaban J connectivity index is 2.28. The van der Waals surface area contributed by atoms with Gasteiger partial charge in [-0.25, -0.2) is 0 Å². The van der Waals surface area contributed by atoms with E-state index in [4.69, 9.17) is 0 Å². The molecular formula is C12H26N2. The third-order valence-electron chi connectivity index (χ3n) is 3.58. The van der Waals surface area contributed by atoms with Crippen molar-refractivity contribution in [3.05, 3.63) is 0 Å². The summed E-state index contributed by atoms with van der Waals surface area (Å²) in [7, 11) is 2.27. The summed E-state index contributed by atoms with van der Waals surface area (Å²) in [6.07, 6.45) is 5.45. The molecule has 1 rings (SSSR count). The van der Waals surface area contributed by atoms with Crippen LogP contribution in [0.2, 0.25) is 0 Å². The van der Waals surface area contributed by atoms with Crippen LogP contribution in [-0.2, 0) is 0 Å². The lowest BCUT2D eigenvalue weighted by Gasteiger charge is -2.37. The maximum absolute atomic E-state index is 3.55. The van der Waals surface area contributed by atoms with Gasteiger partial charge in [0.15, 0.2) is 0 Å². The van der Waals surface area contributed by atoms with Gasteiger partial charge in [-0.2, -0.15) is 0 Å². The van der Waals surface area contributed by atoms with Gasteiger partial charge in [0.25, 0.3) is 0 Å². The van der Waals surface area contributed by atoms with E-state index in [0.29, 0.717) is 6.04 Å². The van der Waals surface area contributed by atoms with E-state index in [-0.39, 0.29) is 0 Å². The van der Waals surface area contributed by atoms with Crippen LogP contribution in [-0.4, -0.2) is 36.6 Å². The molecule has 0 radical (unpaired) electrons. The Morgan fingerprint density at radius 2 is 1.79 bits per heavy atom. The minimum atomic E-state index is 0.690. The summed E-state index contributed by atoms with van der Waals surface area (Å²) < 4.78 is 0. The highest BCUT2D eigenvalue weighted by Crippen LogP contribution is 2.23. The van der Waals surface area contributed by atoms with Crippen molar-refractivity contribution in [1.82, 2.24) is 10.2 Å². The second-order valence-electron chi connectivity index (χ2n) is 4.82. The first kappa shape index (κ1) is 12.0. The predicted molar refractivity (Wildman–Crippen MR) is 62.6 cm³/mol. The number of hydrogen-bond donors (Lipinski definition) is 1. The van der Waals surface area contributed by atoms with Gasteiger partial charge in [0, 0.05) is 18.1 Å². The van der Waals surface area contributed by atoms with E-state index in [1.807, 2.05) is 0 Å². The minimum Gasteiger partial charge on any atom is -0.314 e. The number of nitrogens with zero attached hydrogens (tertiary/aromatic N) is 1. The number of hydrogen-bond acceptors (Lipinski definition) is 2. The van der Waals surface area contributed by atoms with E-state index in [0.717, 1.165) is 18.6 Å². The molecule has 0 aromatic carbocycles. The van der Waals surface area contributed by atoms with Crippen molar-refractivity contribution in [2.24, 2.45) is 0 Å². The molecule has 1 aliphatic carbocycles. The highest BCUT2D eigenvalue weighted by molar-refractivity contribution is 4.82. The average Bonchev–Trinajstić information content (AvgIpc) is 2.18. The van der Waals surface area contributed by atoms with Crippen LogP contribution in [0.25, 0.3) is 0 Å². The van der Waals surface area contributed by atoms with Crippen molar-refractivity contribution in [3.63, 3.8) is 0 Å². The summed E-state index contributed by atoms with van der Waals surface area (Å²) in [5.74, 6) is 0. The summed E-state index contributed by atoms with van der Waals surface area (Å²) in [4.78, 5) is 2.53. The second kappa shape index (κ2) is 5.72. The van der Waals surface area contributed by atoms with E-state index in [2.05, 4.69) is 38.0 Å². The maximum Gasteiger partial charge on any atom is 0.00960 e. The first-order valence-corrected chi connectivity index (χ1v) is 6.10. The van der Waals surface area contributed by atoms with Gasteiger partial charge in [-0.1, -0.05) is 6.92 Å². The van der Waals surface area contributed by atoms with Crippen molar-refractivity contribution in [3.8, 4) is 0 Å². The van der Waals surface area contributed by atoms with Crippen LogP contribution < -0.4 is 5.32 Å². The molecule has 0 spiro atoms. The monoisotopic (exact) mass is 198 g/mol. The molecule has 0 aromatic heterocycles. The molecule has 0 aliphatic heterocycles. The fraction of sp³-hybridized carbons (Fsp3) is 1.00.